The Morgan fingerprint density at radius 3 is 1.78 bits per heavy atom. The SMILES string of the molecule is [CH2-]C(CC(C)(C)C)C(=O)C(C)(C)C.[CH2-]N=[N+]=[N-].[Y]. The van der Waals surface area contributed by atoms with Gasteiger partial charge in [0.2, 0.25) is 0 Å². The normalized spacial score (nSPS) is 12.2. The number of ketones is 1. The fourth-order valence-electron chi connectivity index (χ4n) is 1.44. The zero-order valence-corrected chi connectivity index (χ0v) is 15.4. The van der Waals surface area contributed by atoms with Crippen LogP contribution in [0.3, 0.4) is 0 Å². The molecule has 0 spiro atoms. The minimum atomic E-state index is -0.252. The first-order chi connectivity index (χ1) is 7.45. The van der Waals surface area contributed by atoms with Crippen molar-refractivity contribution in [2.45, 2.75) is 48.0 Å². The van der Waals surface area contributed by atoms with Crippen molar-refractivity contribution in [2.24, 2.45) is 21.9 Å². The summed E-state index contributed by atoms with van der Waals surface area (Å²) in [6.45, 7) is 16.2. The van der Waals surface area contributed by atoms with Crippen LogP contribution in [0.1, 0.15) is 48.0 Å². The standard InChI is InChI=1S/C12H23O.CH2N3.Y/c1-9(8-11(2,3)4)10(13)12(5,6)7;1-3-4-2;/h9H,1,8H2,2-7H3;1H2;/q2*-1;. The molecule has 0 amide bonds. The number of Topliss-reactive ketones (excluding diaryl/α,β-unsaturated/α-hetero) is 1. The predicted octanol–water partition coefficient (Wildman–Crippen LogP) is 4.57. The third-order valence-corrected chi connectivity index (χ3v) is 2.03. The molecule has 0 aromatic carbocycles. The molecule has 0 saturated heterocycles. The number of carbonyl (C=O) groups is 1. The molecule has 1 unspecified atom stereocenters. The summed E-state index contributed by atoms with van der Waals surface area (Å²) in [6.07, 6.45) is 0.864. The number of nitrogens with zero attached hydrogens (tertiary/aromatic N) is 3. The van der Waals surface area contributed by atoms with Crippen LogP contribution in [0.25, 0.3) is 10.4 Å². The van der Waals surface area contributed by atoms with Gasteiger partial charge in [-0.05, 0) is 15.9 Å². The number of carbonyl (C=O) groups excluding carboxylic acids is 1. The second-order valence-corrected chi connectivity index (χ2v) is 6.31. The van der Waals surface area contributed by atoms with E-state index in [1.807, 2.05) is 20.8 Å². The molecule has 0 heterocycles. The first kappa shape index (κ1) is 23.1. The summed E-state index contributed by atoms with van der Waals surface area (Å²) < 4.78 is 0. The van der Waals surface area contributed by atoms with E-state index in [-0.39, 0.29) is 55.2 Å². The molecular weight excluding hydrogens is 303 g/mol. The van der Waals surface area contributed by atoms with Crippen molar-refractivity contribution in [1.29, 1.82) is 0 Å². The van der Waals surface area contributed by atoms with E-state index in [0.717, 1.165) is 6.42 Å². The molecule has 0 aliphatic carbocycles. The van der Waals surface area contributed by atoms with Gasteiger partial charge in [-0.25, -0.2) is 0 Å². The van der Waals surface area contributed by atoms with E-state index < -0.39 is 0 Å². The van der Waals surface area contributed by atoms with Crippen LogP contribution in [-0.4, -0.2) is 5.78 Å². The maximum atomic E-state index is 11.8. The summed E-state index contributed by atoms with van der Waals surface area (Å²) in [5.74, 6) is 0.197. The molecule has 0 rings (SSSR count). The summed E-state index contributed by atoms with van der Waals surface area (Å²) in [5, 5.41) is 2.67. The van der Waals surface area contributed by atoms with Gasteiger partial charge in [0.1, 0.15) is 5.78 Å². The van der Waals surface area contributed by atoms with Gasteiger partial charge in [0.05, 0.1) is 0 Å². The summed E-state index contributed by atoms with van der Waals surface area (Å²) >= 11 is 0. The van der Waals surface area contributed by atoms with E-state index >= 15 is 0 Å². The Morgan fingerprint density at radius 2 is 1.61 bits per heavy atom. The number of azide groups is 1. The van der Waals surface area contributed by atoms with Crippen molar-refractivity contribution in [2.75, 3.05) is 0 Å². The smallest absolute Gasteiger partial charge is 0.111 e. The van der Waals surface area contributed by atoms with Crippen LogP contribution in [0.2, 0.25) is 0 Å². The van der Waals surface area contributed by atoms with Crippen LogP contribution in [0.5, 0.6) is 0 Å². The van der Waals surface area contributed by atoms with Gasteiger partial charge in [0.15, 0.2) is 0 Å². The summed E-state index contributed by atoms with van der Waals surface area (Å²) in [4.78, 5) is 14.0. The number of hydrogen-bond donors (Lipinski definition) is 0. The molecule has 0 aliphatic rings. The van der Waals surface area contributed by atoms with Crippen molar-refractivity contribution in [3.8, 4) is 0 Å². The zero-order chi connectivity index (χ0) is 14.3. The molecule has 1 atom stereocenters. The Hall–Kier alpha value is -0.0461. The van der Waals surface area contributed by atoms with Gasteiger partial charge in [0.25, 0.3) is 0 Å². The van der Waals surface area contributed by atoms with E-state index in [1.165, 1.54) is 0 Å². The van der Waals surface area contributed by atoms with E-state index in [2.05, 4.69) is 44.8 Å². The third-order valence-electron chi connectivity index (χ3n) is 2.03. The average Bonchev–Trinajstić information content (AvgIpc) is 2.13. The predicted molar refractivity (Wildman–Crippen MR) is 71.9 cm³/mol. The Morgan fingerprint density at radius 1 is 1.28 bits per heavy atom. The Kier molecular flexibility index (Phi) is 12.6. The molecule has 0 fully saturated rings. The molecule has 0 aromatic rings. The maximum absolute atomic E-state index is 11.8. The average molecular weight is 328 g/mol. The second-order valence-electron chi connectivity index (χ2n) is 6.31. The summed E-state index contributed by atoms with van der Waals surface area (Å²) in [6, 6.07) is 0. The number of rotatable bonds is 2. The van der Waals surface area contributed by atoms with Crippen LogP contribution in [0.15, 0.2) is 5.11 Å². The van der Waals surface area contributed by atoms with Crippen LogP contribution in [0, 0.1) is 30.7 Å². The molecule has 5 heteroatoms. The van der Waals surface area contributed by atoms with Gasteiger partial charge in [-0.2, -0.15) is 0 Å². The fourth-order valence-corrected chi connectivity index (χ4v) is 1.44. The van der Waals surface area contributed by atoms with Crippen LogP contribution in [-0.2, 0) is 37.5 Å². The minimum absolute atomic E-state index is 0. The van der Waals surface area contributed by atoms with Gasteiger partial charge < -0.3 is 18.8 Å². The van der Waals surface area contributed by atoms with Gasteiger partial charge in [0, 0.05) is 38.1 Å². The summed E-state index contributed by atoms with van der Waals surface area (Å²) in [7, 11) is 2.81. The molecule has 1 radical (unpaired) electrons. The van der Waals surface area contributed by atoms with Crippen molar-refractivity contribution >= 4 is 5.78 Å². The summed E-state index contributed by atoms with van der Waals surface area (Å²) in [5.41, 5.74) is 7.21. The first-order valence-electron chi connectivity index (χ1n) is 5.63. The van der Waals surface area contributed by atoms with Crippen LogP contribution in [0.4, 0.5) is 0 Å². The zero-order valence-electron chi connectivity index (χ0n) is 12.5. The molecule has 0 aliphatic heterocycles. The van der Waals surface area contributed by atoms with E-state index in [4.69, 9.17) is 5.53 Å². The molecule has 0 N–H and O–H groups in total. The minimum Gasteiger partial charge on any atom is -0.333 e. The second kappa shape index (κ2) is 9.83. The molecule has 0 bridgehead atoms. The Bertz CT molecular complexity index is 284. The van der Waals surface area contributed by atoms with Crippen molar-refractivity contribution in [1.82, 2.24) is 0 Å². The molecule has 0 aromatic heterocycles. The fraction of sp³-hybridized carbons (Fsp3) is 0.769. The molecule has 18 heavy (non-hydrogen) atoms. The van der Waals surface area contributed by atoms with Crippen LogP contribution < -0.4 is 0 Å². The topological polar surface area (TPSA) is 65.8 Å². The van der Waals surface area contributed by atoms with E-state index in [9.17, 15) is 4.79 Å². The molecular formula is C13H25N3OY-2. The maximum Gasteiger partial charge on any atom is 0.111 e. The molecule has 0 saturated carbocycles. The largest absolute Gasteiger partial charge is 0.333 e. The van der Waals surface area contributed by atoms with Crippen molar-refractivity contribution < 1.29 is 37.5 Å². The van der Waals surface area contributed by atoms with Crippen molar-refractivity contribution in [3.05, 3.63) is 24.4 Å². The number of hydrogen-bond acceptors (Lipinski definition) is 2. The quantitative estimate of drug-likeness (QED) is 0.317. The van der Waals surface area contributed by atoms with Gasteiger partial charge in [-0.3, -0.25) is 5.11 Å². The molecule has 103 valence electrons. The third kappa shape index (κ3) is 14.0. The van der Waals surface area contributed by atoms with E-state index in [1.54, 1.807) is 0 Å². The van der Waals surface area contributed by atoms with Gasteiger partial charge in [-0.1, -0.05) is 48.0 Å². The van der Waals surface area contributed by atoms with Gasteiger partial charge in [-0.15, -0.1) is 5.92 Å². The van der Waals surface area contributed by atoms with Crippen molar-refractivity contribution in [3.63, 3.8) is 0 Å². The van der Waals surface area contributed by atoms with Crippen LogP contribution >= 0.6 is 0 Å². The van der Waals surface area contributed by atoms with Gasteiger partial charge >= 0.3 is 0 Å². The Balaban J connectivity index is -0.000000392. The van der Waals surface area contributed by atoms with E-state index in [0.29, 0.717) is 0 Å². The monoisotopic (exact) mass is 328 g/mol. The first-order valence-corrected chi connectivity index (χ1v) is 5.63. The molecule has 4 nitrogen and oxygen atoms in total. The Labute approximate surface area is 137 Å².